The Kier molecular flexibility index (Phi) is 5.78. The molecule has 1 unspecified atom stereocenters. The summed E-state index contributed by atoms with van der Waals surface area (Å²) in [5, 5.41) is 3.48. The Morgan fingerprint density at radius 3 is 2.76 bits per heavy atom. The summed E-state index contributed by atoms with van der Waals surface area (Å²) in [6.07, 6.45) is 0. The molecular formula is C13H20N2S2. The fraction of sp³-hybridized carbons (Fsp3) is 0.462. The Balaban J connectivity index is 2.67. The Bertz CT molecular complexity index is 391. The van der Waals surface area contributed by atoms with Gasteiger partial charge in [0, 0.05) is 23.0 Å². The van der Waals surface area contributed by atoms with Crippen LogP contribution in [0.15, 0.2) is 18.2 Å². The second-order valence-corrected chi connectivity index (χ2v) is 5.86. The minimum absolute atomic E-state index is 0.462. The van der Waals surface area contributed by atoms with Crippen LogP contribution in [0.4, 0.5) is 5.69 Å². The maximum Gasteiger partial charge on any atom is 0.104 e. The first-order chi connectivity index (χ1) is 8.04. The Labute approximate surface area is 113 Å². The van der Waals surface area contributed by atoms with Gasteiger partial charge >= 0.3 is 0 Å². The highest BCUT2D eigenvalue weighted by Gasteiger charge is 2.05. The van der Waals surface area contributed by atoms with E-state index in [1.165, 1.54) is 0 Å². The van der Waals surface area contributed by atoms with Gasteiger partial charge in [-0.25, -0.2) is 0 Å². The lowest BCUT2D eigenvalue weighted by Gasteiger charge is -2.16. The van der Waals surface area contributed by atoms with E-state index in [1.807, 2.05) is 30.8 Å². The zero-order valence-corrected chi connectivity index (χ0v) is 12.3. The normalized spacial score (nSPS) is 12.2. The summed E-state index contributed by atoms with van der Waals surface area (Å²) in [4.78, 5) is 0.462. The van der Waals surface area contributed by atoms with E-state index in [0.717, 1.165) is 28.3 Å². The van der Waals surface area contributed by atoms with Crippen molar-refractivity contribution in [2.75, 3.05) is 16.8 Å². The van der Waals surface area contributed by atoms with Crippen molar-refractivity contribution in [2.45, 2.75) is 26.8 Å². The molecule has 0 aliphatic rings. The molecule has 4 heteroatoms. The highest BCUT2D eigenvalue weighted by molar-refractivity contribution is 7.99. The molecule has 94 valence electrons. The smallest absolute Gasteiger partial charge is 0.104 e. The quantitative estimate of drug-likeness (QED) is 0.777. The predicted molar refractivity (Wildman–Crippen MR) is 83.2 cm³/mol. The first-order valence-electron chi connectivity index (χ1n) is 5.79. The molecule has 1 rings (SSSR count). The lowest BCUT2D eigenvalue weighted by molar-refractivity contribution is 0.913. The number of anilines is 1. The summed E-state index contributed by atoms with van der Waals surface area (Å²) in [5.41, 5.74) is 8.85. The summed E-state index contributed by atoms with van der Waals surface area (Å²) in [5.74, 6) is 2.28. The van der Waals surface area contributed by atoms with E-state index in [4.69, 9.17) is 18.0 Å². The molecule has 0 aromatic heterocycles. The molecule has 0 spiro atoms. The third-order valence-electron chi connectivity index (χ3n) is 2.48. The first-order valence-corrected chi connectivity index (χ1v) is 7.35. The van der Waals surface area contributed by atoms with Gasteiger partial charge in [-0.05, 0) is 43.4 Å². The molecular weight excluding hydrogens is 248 g/mol. The van der Waals surface area contributed by atoms with Crippen molar-refractivity contribution in [3.8, 4) is 0 Å². The SMILES string of the molecule is CCSCC(C)Nc1ccc(C(N)=S)c(C)c1. The van der Waals surface area contributed by atoms with E-state index in [-0.39, 0.29) is 0 Å². The number of nitrogens with one attached hydrogen (secondary N) is 1. The monoisotopic (exact) mass is 268 g/mol. The fourth-order valence-electron chi connectivity index (χ4n) is 1.65. The average molecular weight is 268 g/mol. The molecule has 0 radical (unpaired) electrons. The fourth-order valence-corrected chi connectivity index (χ4v) is 2.55. The predicted octanol–water partition coefficient (Wildman–Crippen LogP) is 3.18. The number of benzene rings is 1. The second kappa shape index (κ2) is 6.87. The minimum Gasteiger partial charge on any atom is -0.389 e. The first kappa shape index (κ1) is 14.3. The molecule has 0 aliphatic heterocycles. The summed E-state index contributed by atoms with van der Waals surface area (Å²) in [6.45, 7) is 6.41. The van der Waals surface area contributed by atoms with E-state index in [1.54, 1.807) is 0 Å². The average Bonchev–Trinajstić information content (AvgIpc) is 2.26. The number of nitrogens with two attached hydrogens (primary N) is 1. The standard InChI is InChI=1S/C13H20N2S2/c1-4-17-8-10(3)15-11-5-6-12(13(14)16)9(2)7-11/h5-7,10,15H,4,8H2,1-3H3,(H2,14,16). The molecule has 3 N–H and O–H groups in total. The van der Waals surface area contributed by atoms with Crippen LogP contribution >= 0.6 is 24.0 Å². The number of aryl methyl sites for hydroxylation is 1. The van der Waals surface area contributed by atoms with Gasteiger partial charge < -0.3 is 11.1 Å². The lowest BCUT2D eigenvalue weighted by atomic mass is 10.1. The van der Waals surface area contributed by atoms with Crippen LogP contribution < -0.4 is 11.1 Å². The van der Waals surface area contributed by atoms with Crippen LogP contribution in [0.3, 0.4) is 0 Å². The summed E-state index contributed by atoms with van der Waals surface area (Å²) < 4.78 is 0. The zero-order valence-electron chi connectivity index (χ0n) is 10.6. The molecule has 1 aromatic carbocycles. The van der Waals surface area contributed by atoms with Gasteiger partial charge in [-0.1, -0.05) is 19.1 Å². The van der Waals surface area contributed by atoms with Gasteiger partial charge in [0.15, 0.2) is 0 Å². The molecule has 1 atom stereocenters. The van der Waals surface area contributed by atoms with Crippen LogP contribution in [0.25, 0.3) is 0 Å². The Morgan fingerprint density at radius 1 is 1.53 bits per heavy atom. The number of hydrogen-bond donors (Lipinski definition) is 2. The van der Waals surface area contributed by atoms with Gasteiger partial charge in [0.05, 0.1) is 0 Å². The van der Waals surface area contributed by atoms with Crippen molar-refractivity contribution in [3.63, 3.8) is 0 Å². The van der Waals surface area contributed by atoms with Crippen molar-refractivity contribution in [2.24, 2.45) is 5.73 Å². The van der Waals surface area contributed by atoms with E-state index in [0.29, 0.717) is 11.0 Å². The number of hydrogen-bond acceptors (Lipinski definition) is 3. The maximum atomic E-state index is 5.64. The molecule has 0 fully saturated rings. The molecule has 0 amide bonds. The summed E-state index contributed by atoms with van der Waals surface area (Å²) >= 11 is 6.94. The van der Waals surface area contributed by atoms with Crippen LogP contribution in [0.1, 0.15) is 25.0 Å². The van der Waals surface area contributed by atoms with E-state index in [2.05, 4.69) is 25.2 Å². The van der Waals surface area contributed by atoms with E-state index in [9.17, 15) is 0 Å². The second-order valence-electron chi connectivity index (χ2n) is 4.10. The van der Waals surface area contributed by atoms with Crippen molar-refractivity contribution in [1.29, 1.82) is 0 Å². The van der Waals surface area contributed by atoms with Crippen molar-refractivity contribution < 1.29 is 0 Å². The third-order valence-corrected chi connectivity index (χ3v) is 3.84. The third kappa shape index (κ3) is 4.56. The molecule has 17 heavy (non-hydrogen) atoms. The molecule has 0 saturated carbocycles. The highest BCUT2D eigenvalue weighted by atomic mass is 32.2. The van der Waals surface area contributed by atoms with Gasteiger partial charge in [-0.15, -0.1) is 0 Å². The number of rotatable bonds is 6. The minimum atomic E-state index is 0.462. The summed E-state index contributed by atoms with van der Waals surface area (Å²) in [6, 6.07) is 6.59. The lowest BCUT2D eigenvalue weighted by Crippen LogP contribution is -2.18. The van der Waals surface area contributed by atoms with Gasteiger partial charge in [0.2, 0.25) is 0 Å². The largest absolute Gasteiger partial charge is 0.389 e. The molecule has 0 saturated heterocycles. The van der Waals surface area contributed by atoms with Crippen LogP contribution in [0, 0.1) is 6.92 Å². The Hall–Kier alpha value is -0.740. The molecule has 1 aromatic rings. The van der Waals surface area contributed by atoms with Crippen LogP contribution in [-0.4, -0.2) is 22.5 Å². The van der Waals surface area contributed by atoms with E-state index < -0.39 is 0 Å². The van der Waals surface area contributed by atoms with Crippen molar-refractivity contribution >= 4 is 34.7 Å². The van der Waals surface area contributed by atoms with Gasteiger partial charge in [0.25, 0.3) is 0 Å². The van der Waals surface area contributed by atoms with Crippen molar-refractivity contribution in [3.05, 3.63) is 29.3 Å². The Morgan fingerprint density at radius 2 is 2.24 bits per heavy atom. The molecule has 0 aliphatic carbocycles. The van der Waals surface area contributed by atoms with Crippen molar-refractivity contribution in [1.82, 2.24) is 0 Å². The molecule has 0 heterocycles. The maximum absolute atomic E-state index is 5.64. The number of thioether (sulfide) groups is 1. The van der Waals surface area contributed by atoms with Gasteiger partial charge in [0.1, 0.15) is 4.99 Å². The summed E-state index contributed by atoms with van der Waals surface area (Å²) in [7, 11) is 0. The van der Waals surface area contributed by atoms with Gasteiger partial charge in [-0.2, -0.15) is 11.8 Å². The van der Waals surface area contributed by atoms with Crippen LogP contribution in [0.5, 0.6) is 0 Å². The van der Waals surface area contributed by atoms with E-state index >= 15 is 0 Å². The van der Waals surface area contributed by atoms with Crippen LogP contribution in [-0.2, 0) is 0 Å². The number of thiocarbonyl (C=S) groups is 1. The molecule has 0 bridgehead atoms. The topological polar surface area (TPSA) is 38.0 Å². The van der Waals surface area contributed by atoms with Crippen LogP contribution in [0.2, 0.25) is 0 Å². The highest BCUT2D eigenvalue weighted by Crippen LogP contribution is 2.17. The molecule has 2 nitrogen and oxygen atoms in total. The van der Waals surface area contributed by atoms with Gasteiger partial charge in [-0.3, -0.25) is 0 Å². The zero-order chi connectivity index (χ0) is 12.8.